The summed E-state index contributed by atoms with van der Waals surface area (Å²) < 4.78 is 32.9. The first-order valence-corrected chi connectivity index (χ1v) is 14.0. The number of amides is 2. The van der Waals surface area contributed by atoms with Gasteiger partial charge < -0.3 is 15.0 Å². The van der Waals surface area contributed by atoms with Crippen molar-refractivity contribution in [1.29, 1.82) is 0 Å². The van der Waals surface area contributed by atoms with Gasteiger partial charge in [0, 0.05) is 44.2 Å². The first-order valence-electron chi connectivity index (χ1n) is 10.5. The Balaban J connectivity index is 1.56. The third-order valence-electron chi connectivity index (χ3n) is 5.25. The largest absolute Gasteiger partial charge is 0.444 e. The van der Waals surface area contributed by atoms with E-state index in [0.717, 1.165) is 24.3 Å². The van der Waals surface area contributed by atoms with Gasteiger partial charge in [-0.25, -0.2) is 13.2 Å². The molecule has 1 N–H and O–H groups in total. The average Bonchev–Trinajstić information content (AvgIpc) is 3.22. The molecule has 2 amide bonds. The zero-order valence-corrected chi connectivity index (χ0v) is 20.7. The number of sulfonamides is 1. The first-order chi connectivity index (χ1) is 14.6. The van der Waals surface area contributed by atoms with Crippen molar-refractivity contribution in [1.82, 2.24) is 14.5 Å². The molecule has 0 saturated carbocycles. The number of alkyl carbamates (subject to hydrolysis) is 1. The van der Waals surface area contributed by atoms with Gasteiger partial charge in [0.2, 0.25) is 10.0 Å². The number of hydrogen-bond donors (Lipinski definition) is 1. The fraction of sp³-hybridized carbons (Fsp3) is 0.700. The minimum absolute atomic E-state index is 0.128. The second-order valence-corrected chi connectivity index (χ2v) is 12.8. The number of nitrogens with zero attached hydrogens (tertiary/aromatic N) is 2. The van der Waals surface area contributed by atoms with E-state index in [1.807, 2.05) is 20.8 Å². The number of piperidine rings is 1. The number of ether oxygens (including phenoxy) is 1. The summed E-state index contributed by atoms with van der Waals surface area (Å²) in [6.45, 7) is 8.00. The predicted octanol–water partition coefficient (Wildman–Crippen LogP) is 2.86. The van der Waals surface area contributed by atoms with Crippen molar-refractivity contribution in [3.63, 3.8) is 0 Å². The lowest BCUT2D eigenvalue weighted by molar-refractivity contribution is 0.0500. The average molecular weight is 490 g/mol. The van der Waals surface area contributed by atoms with Gasteiger partial charge in [0.05, 0.1) is 0 Å². The van der Waals surface area contributed by atoms with Crippen LogP contribution in [-0.2, 0) is 14.8 Å². The lowest BCUT2D eigenvalue weighted by Crippen LogP contribution is -2.43. The lowest BCUT2D eigenvalue weighted by Gasteiger charge is -2.32. The van der Waals surface area contributed by atoms with E-state index in [-0.39, 0.29) is 16.7 Å². The summed E-state index contributed by atoms with van der Waals surface area (Å²) in [7, 11) is -3.66. The van der Waals surface area contributed by atoms with E-state index in [0.29, 0.717) is 37.6 Å². The zero-order chi connectivity index (χ0) is 22.6. The van der Waals surface area contributed by atoms with Crippen LogP contribution in [0.3, 0.4) is 0 Å². The molecule has 2 fully saturated rings. The molecule has 1 aromatic rings. The van der Waals surface area contributed by atoms with Gasteiger partial charge >= 0.3 is 6.09 Å². The van der Waals surface area contributed by atoms with Crippen LogP contribution >= 0.6 is 23.1 Å². The molecule has 0 spiro atoms. The van der Waals surface area contributed by atoms with Crippen molar-refractivity contribution in [2.45, 2.75) is 44.1 Å². The summed E-state index contributed by atoms with van der Waals surface area (Å²) >= 11 is 2.93. The van der Waals surface area contributed by atoms with Gasteiger partial charge in [-0.05, 0) is 51.0 Å². The molecule has 2 aliphatic heterocycles. The van der Waals surface area contributed by atoms with Crippen LogP contribution in [0.4, 0.5) is 4.79 Å². The van der Waals surface area contributed by atoms with E-state index in [1.54, 1.807) is 28.1 Å². The first kappa shape index (κ1) is 24.3. The van der Waals surface area contributed by atoms with Crippen LogP contribution in [0.2, 0.25) is 0 Å². The Labute approximate surface area is 192 Å². The monoisotopic (exact) mass is 489 g/mol. The van der Waals surface area contributed by atoms with Crippen LogP contribution in [0, 0.1) is 5.92 Å². The Morgan fingerprint density at radius 1 is 1.16 bits per heavy atom. The number of thiophene rings is 1. The van der Waals surface area contributed by atoms with E-state index >= 15 is 0 Å². The molecule has 31 heavy (non-hydrogen) atoms. The highest BCUT2D eigenvalue weighted by molar-refractivity contribution is 7.99. The molecule has 0 aromatic carbocycles. The molecule has 2 saturated heterocycles. The molecule has 0 atom stereocenters. The number of hydrogen-bond acceptors (Lipinski definition) is 7. The molecule has 174 valence electrons. The smallest absolute Gasteiger partial charge is 0.407 e. The highest BCUT2D eigenvalue weighted by atomic mass is 32.2. The fourth-order valence-corrected chi connectivity index (χ4v) is 7.55. The molecule has 0 radical (unpaired) electrons. The molecule has 1 aromatic heterocycles. The van der Waals surface area contributed by atoms with Crippen molar-refractivity contribution < 1.29 is 22.7 Å². The summed E-state index contributed by atoms with van der Waals surface area (Å²) in [5, 5.41) is 4.47. The molecule has 8 nitrogen and oxygen atoms in total. The molecular weight excluding hydrogens is 458 g/mol. The molecule has 3 rings (SSSR count). The summed E-state index contributed by atoms with van der Waals surface area (Å²) in [5.41, 5.74) is -0.536. The number of nitrogens with one attached hydrogen (secondary N) is 1. The van der Waals surface area contributed by atoms with E-state index in [9.17, 15) is 18.0 Å². The molecule has 11 heteroatoms. The number of likely N-dealkylation sites (tertiary alicyclic amines) is 1. The summed E-state index contributed by atoms with van der Waals surface area (Å²) in [6, 6.07) is 1.55. The summed E-state index contributed by atoms with van der Waals surface area (Å²) in [5.74, 6) is 1.59. The van der Waals surface area contributed by atoms with Crippen LogP contribution in [0.5, 0.6) is 0 Å². The van der Waals surface area contributed by atoms with Gasteiger partial charge in [-0.1, -0.05) is 0 Å². The Bertz CT molecular complexity index is 880. The normalized spacial score (nSPS) is 19.3. The molecule has 0 unspecified atom stereocenters. The Morgan fingerprint density at radius 3 is 2.42 bits per heavy atom. The number of thioether (sulfide) groups is 1. The maximum atomic E-state index is 13.1. The van der Waals surface area contributed by atoms with E-state index in [2.05, 4.69) is 5.32 Å². The third-order valence-corrected chi connectivity index (χ3v) is 9.16. The Morgan fingerprint density at radius 2 is 1.81 bits per heavy atom. The standard InChI is InChI=1S/C20H31N3O5S3/c1-20(2,3)28-19(25)21-14-15-4-7-22(8-5-15)18(24)17-16(6-11-30-17)31(26,27)23-9-12-29-13-10-23/h6,11,15H,4-5,7-10,12-14H2,1-3H3,(H,21,25). The van der Waals surface area contributed by atoms with Gasteiger partial charge in [-0.2, -0.15) is 16.1 Å². The van der Waals surface area contributed by atoms with Gasteiger partial charge in [-0.3, -0.25) is 4.79 Å². The Kier molecular flexibility index (Phi) is 7.93. The highest BCUT2D eigenvalue weighted by Gasteiger charge is 2.33. The second kappa shape index (κ2) is 10.1. The number of rotatable bonds is 5. The maximum absolute atomic E-state index is 13.1. The van der Waals surface area contributed by atoms with Crippen molar-refractivity contribution in [2.75, 3.05) is 44.2 Å². The van der Waals surface area contributed by atoms with E-state index < -0.39 is 21.7 Å². The number of carbonyl (C=O) groups is 2. The second-order valence-electron chi connectivity index (χ2n) is 8.75. The zero-order valence-electron chi connectivity index (χ0n) is 18.3. The predicted molar refractivity (Wildman–Crippen MR) is 123 cm³/mol. The SMILES string of the molecule is CC(C)(C)OC(=O)NCC1CCN(C(=O)c2sccc2S(=O)(=O)N2CCSCC2)CC1. The summed E-state index contributed by atoms with van der Waals surface area (Å²) in [4.78, 5) is 27.1. The van der Waals surface area contributed by atoms with Gasteiger partial charge in [0.25, 0.3) is 5.91 Å². The van der Waals surface area contributed by atoms with Crippen molar-refractivity contribution in [2.24, 2.45) is 5.92 Å². The van der Waals surface area contributed by atoms with Crippen molar-refractivity contribution >= 4 is 45.1 Å². The molecular formula is C20H31N3O5S3. The third kappa shape index (κ3) is 6.36. The van der Waals surface area contributed by atoms with Crippen LogP contribution in [0.1, 0.15) is 43.3 Å². The fourth-order valence-electron chi connectivity index (χ4n) is 3.61. The lowest BCUT2D eigenvalue weighted by atomic mass is 9.97. The van der Waals surface area contributed by atoms with Crippen LogP contribution < -0.4 is 5.32 Å². The highest BCUT2D eigenvalue weighted by Crippen LogP contribution is 2.29. The summed E-state index contributed by atoms with van der Waals surface area (Å²) in [6.07, 6.45) is 1.06. The van der Waals surface area contributed by atoms with Gasteiger partial charge in [0.15, 0.2) is 0 Å². The van der Waals surface area contributed by atoms with Crippen LogP contribution in [0.15, 0.2) is 16.3 Å². The van der Waals surface area contributed by atoms with Crippen molar-refractivity contribution in [3.8, 4) is 0 Å². The van der Waals surface area contributed by atoms with Crippen LogP contribution in [0.25, 0.3) is 0 Å². The number of carbonyl (C=O) groups excluding carboxylic acids is 2. The van der Waals surface area contributed by atoms with Gasteiger partial charge in [0.1, 0.15) is 15.4 Å². The quantitative estimate of drug-likeness (QED) is 0.683. The van der Waals surface area contributed by atoms with E-state index in [4.69, 9.17) is 4.74 Å². The minimum atomic E-state index is -3.66. The maximum Gasteiger partial charge on any atom is 0.407 e. The van der Waals surface area contributed by atoms with Crippen LogP contribution in [-0.4, -0.2) is 79.5 Å². The molecule has 0 aliphatic carbocycles. The molecule has 2 aliphatic rings. The molecule has 3 heterocycles. The van der Waals surface area contributed by atoms with Crippen molar-refractivity contribution in [3.05, 3.63) is 16.3 Å². The van der Waals surface area contributed by atoms with E-state index in [1.165, 1.54) is 15.6 Å². The topological polar surface area (TPSA) is 96.0 Å². The molecule has 0 bridgehead atoms. The minimum Gasteiger partial charge on any atom is -0.444 e. The van der Waals surface area contributed by atoms with Gasteiger partial charge in [-0.15, -0.1) is 11.3 Å². The Hall–Kier alpha value is -1.30.